The molecule has 7 nitrogen and oxygen atoms in total. The van der Waals surface area contributed by atoms with E-state index in [-0.39, 0.29) is 23.0 Å². The van der Waals surface area contributed by atoms with Crippen LogP contribution in [0.25, 0.3) is 16.7 Å². The Bertz CT molecular complexity index is 1590. The molecule has 10 heteroatoms. The summed E-state index contributed by atoms with van der Waals surface area (Å²) in [6.07, 6.45) is 0.916. The molecule has 42 heavy (non-hydrogen) atoms. The predicted molar refractivity (Wildman–Crippen MR) is 151 cm³/mol. The highest BCUT2D eigenvalue weighted by molar-refractivity contribution is 5.93. The third-order valence-corrected chi connectivity index (χ3v) is 8.02. The Hall–Kier alpha value is -4.05. The third kappa shape index (κ3) is 5.81. The molecule has 0 bridgehead atoms. The van der Waals surface area contributed by atoms with E-state index in [4.69, 9.17) is 14.2 Å². The first-order chi connectivity index (χ1) is 20.2. The number of methoxy groups -OCH3 is 1. The second-order valence-corrected chi connectivity index (χ2v) is 10.9. The maximum Gasteiger partial charge on any atom is 0.416 e. The van der Waals surface area contributed by atoms with E-state index in [1.807, 2.05) is 22.8 Å². The van der Waals surface area contributed by atoms with Crippen LogP contribution in [0.2, 0.25) is 0 Å². The molecule has 3 aromatic carbocycles. The number of likely N-dealkylation sites (tertiary alicyclic amines) is 1. The zero-order valence-electron chi connectivity index (χ0n) is 23.4. The molecule has 1 unspecified atom stereocenters. The molecule has 1 saturated carbocycles. The molecule has 4 aromatic rings. The van der Waals surface area contributed by atoms with Gasteiger partial charge in [-0.2, -0.15) is 13.2 Å². The summed E-state index contributed by atoms with van der Waals surface area (Å²) in [5.41, 5.74) is 1.43. The lowest BCUT2D eigenvalue weighted by Gasteiger charge is -2.32. The van der Waals surface area contributed by atoms with Crippen LogP contribution in [0.5, 0.6) is 11.5 Å². The molecule has 1 atom stereocenters. The molecule has 0 N–H and O–H groups in total. The highest BCUT2D eigenvalue weighted by Crippen LogP contribution is 2.37. The number of hydrogen-bond donors (Lipinski definition) is 0. The normalized spacial score (nSPS) is 17.3. The van der Waals surface area contributed by atoms with E-state index in [9.17, 15) is 18.0 Å². The summed E-state index contributed by atoms with van der Waals surface area (Å²) in [4.78, 5) is 19.6. The number of nitrogens with zero attached hydrogens (tertiary/aromatic N) is 3. The minimum Gasteiger partial charge on any atom is -0.490 e. The van der Waals surface area contributed by atoms with Crippen LogP contribution in [0.4, 0.5) is 13.2 Å². The van der Waals surface area contributed by atoms with Crippen LogP contribution < -0.4 is 9.47 Å². The number of hydrogen-bond acceptors (Lipinski definition) is 6. The summed E-state index contributed by atoms with van der Waals surface area (Å²) in [6, 6.07) is 16.6. The summed E-state index contributed by atoms with van der Waals surface area (Å²) in [5.74, 6) is 0.205. The van der Waals surface area contributed by atoms with Crippen molar-refractivity contribution in [2.45, 2.75) is 57.0 Å². The van der Waals surface area contributed by atoms with Gasteiger partial charge in [-0.05, 0) is 62.9 Å². The van der Waals surface area contributed by atoms with Crippen molar-refractivity contribution in [1.82, 2.24) is 14.5 Å². The monoisotopic (exact) mass is 579 g/mol. The molecule has 2 aliphatic rings. The topological polar surface area (TPSA) is 65.8 Å². The molecule has 0 spiro atoms. The fourth-order valence-corrected chi connectivity index (χ4v) is 5.66. The van der Waals surface area contributed by atoms with Gasteiger partial charge in [-0.3, -0.25) is 4.57 Å². The van der Waals surface area contributed by atoms with E-state index >= 15 is 0 Å². The maximum absolute atomic E-state index is 13.7. The fourth-order valence-electron chi connectivity index (χ4n) is 5.66. The van der Waals surface area contributed by atoms with Crippen molar-refractivity contribution in [3.05, 3.63) is 83.7 Å². The van der Waals surface area contributed by atoms with Crippen molar-refractivity contribution < 1.29 is 32.2 Å². The van der Waals surface area contributed by atoms with Gasteiger partial charge in [-0.1, -0.05) is 18.2 Å². The summed E-state index contributed by atoms with van der Waals surface area (Å²) in [7, 11) is 1.24. The summed E-state index contributed by atoms with van der Waals surface area (Å²) in [6.45, 7) is 3.65. The van der Waals surface area contributed by atoms with E-state index in [1.54, 1.807) is 18.5 Å². The molecule has 0 radical (unpaired) electrons. The quantitative estimate of drug-likeness (QED) is 0.210. The number of fused-ring (bicyclic) bond motifs is 1. The van der Waals surface area contributed by atoms with Crippen molar-refractivity contribution in [2.75, 3.05) is 20.2 Å². The maximum atomic E-state index is 13.7. The minimum absolute atomic E-state index is 0.0370. The van der Waals surface area contributed by atoms with Gasteiger partial charge in [0.25, 0.3) is 0 Å². The number of alkyl halides is 3. The number of benzene rings is 3. The molecular formula is C32H32F3N3O4. The number of esters is 1. The average Bonchev–Trinajstić information content (AvgIpc) is 3.75. The molecule has 220 valence electrons. The van der Waals surface area contributed by atoms with Gasteiger partial charge in [0.2, 0.25) is 0 Å². The molecule has 1 aliphatic heterocycles. The standard InChI is InChI=1S/C32H32F3N3O4/c1-20(25-5-3-4-6-27(25)32(33,34)35)41-30-17-22(9-11-26(30)31(39)40-2)38-19-36-28-18-24(10-12-29(28)38)42-23-13-15-37(16-14-23)21-7-8-21/h3-6,9-12,17-21,23H,7-8,13-16H2,1-2H3. The number of ether oxygens (including phenoxy) is 3. The average molecular weight is 580 g/mol. The largest absolute Gasteiger partial charge is 0.490 e. The van der Waals surface area contributed by atoms with Crippen LogP contribution in [0, 0.1) is 0 Å². The lowest BCUT2D eigenvalue weighted by molar-refractivity contribution is -0.139. The number of carbonyl (C=O) groups is 1. The number of aromatic nitrogens is 2. The highest BCUT2D eigenvalue weighted by Gasteiger charge is 2.35. The first kappa shape index (κ1) is 28.1. The van der Waals surface area contributed by atoms with Crippen molar-refractivity contribution in [1.29, 1.82) is 0 Å². The van der Waals surface area contributed by atoms with Crippen LogP contribution in [0.1, 0.15) is 60.2 Å². The van der Waals surface area contributed by atoms with Crippen LogP contribution in [-0.4, -0.2) is 52.8 Å². The lowest BCUT2D eigenvalue weighted by Crippen LogP contribution is -2.39. The molecule has 0 amide bonds. The fraction of sp³-hybridized carbons (Fsp3) is 0.375. The van der Waals surface area contributed by atoms with Gasteiger partial charge in [0, 0.05) is 36.8 Å². The van der Waals surface area contributed by atoms with Crippen LogP contribution in [-0.2, 0) is 10.9 Å². The first-order valence-electron chi connectivity index (χ1n) is 14.1. The van der Waals surface area contributed by atoms with Crippen molar-refractivity contribution in [3.63, 3.8) is 0 Å². The van der Waals surface area contributed by atoms with E-state index in [0.717, 1.165) is 54.8 Å². The Labute approximate surface area is 241 Å². The lowest BCUT2D eigenvalue weighted by atomic mass is 10.0. The van der Waals surface area contributed by atoms with Gasteiger partial charge in [0.15, 0.2) is 0 Å². The van der Waals surface area contributed by atoms with Crippen molar-refractivity contribution >= 4 is 17.0 Å². The molecular weight excluding hydrogens is 547 g/mol. The number of rotatable bonds is 8. The summed E-state index contributed by atoms with van der Waals surface area (Å²) >= 11 is 0. The van der Waals surface area contributed by atoms with Gasteiger partial charge < -0.3 is 19.1 Å². The smallest absolute Gasteiger partial charge is 0.416 e. The zero-order valence-corrected chi connectivity index (χ0v) is 23.4. The van der Waals surface area contributed by atoms with E-state index in [2.05, 4.69) is 9.88 Å². The molecule has 6 rings (SSSR count). The second kappa shape index (κ2) is 11.3. The van der Waals surface area contributed by atoms with E-state index in [1.165, 1.54) is 51.1 Å². The van der Waals surface area contributed by atoms with Crippen LogP contribution in [0.3, 0.4) is 0 Å². The highest BCUT2D eigenvalue weighted by atomic mass is 19.4. The number of piperidine rings is 1. The van der Waals surface area contributed by atoms with Crippen molar-refractivity contribution in [2.24, 2.45) is 0 Å². The van der Waals surface area contributed by atoms with Gasteiger partial charge in [-0.25, -0.2) is 9.78 Å². The Balaban J connectivity index is 1.25. The summed E-state index contributed by atoms with van der Waals surface area (Å²) < 4.78 is 60.0. The summed E-state index contributed by atoms with van der Waals surface area (Å²) in [5, 5.41) is 0. The van der Waals surface area contributed by atoms with Crippen molar-refractivity contribution in [3.8, 4) is 17.2 Å². The molecule has 2 fully saturated rings. The predicted octanol–water partition coefficient (Wildman–Crippen LogP) is 6.98. The van der Waals surface area contributed by atoms with Gasteiger partial charge in [0.05, 0.1) is 29.4 Å². The zero-order chi connectivity index (χ0) is 29.4. The molecule has 1 saturated heterocycles. The Morgan fingerprint density at radius 3 is 2.48 bits per heavy atom. The van der Waals surface area contributed by atoms with Gasteiger partial charge >= 0.3 is 12.1 Å². The number of halogens is 3. The Kier molecular flexibility index (Phi) is 7.57. The van der Waals surface area contributed by atoms with E-state index in [0.29, 0.717) is 5.69 Å². The van der Waals surface area contributed by atoms with Gasteiger partial charge in [0.1, 0.15) is 35.6 Å². The second-order valence-electron chi connectivity index (χ2n) is 10.9. The molecule has 2 heterocycles. The third-order valence-electron chi connectivity index (χ3n) is 8.02. The van der Waals surface area contributed by atoms with Crippen LogP contribution in [0.15, 0.2) is 67.0 Å². The SMILES string of the molecule is COC(=O)c1ccc(-n2cnc3cc(OC4CCN(C5CC5)CC4)ccc32)cc1OC(C)c1ccccc1C(F)(F)F. The molecule has 1 aromatic heterocycles. The Morgan fingerprint density at radius 2 is 1.76 bits per heavy atom. The number of imidazole rings is 1. The first-order valence-corrected chi connectivity index (χ1v) is 14.1. The Morgan fingerprint density at radius 1 is 1.00 bits per heavy atom. The minimum atomic E-state index is -4.55. The molecule has 1 aliphatic carbocycles. The van der Waals surface area contributed by atoms with Gasteiger partial charge in [-0.15, -0.1) is 0 Å². The van der Waals surface area contributed by atoms with E-state index < -0.39 is 23.8 Å². The number of carbonyl (C=O) groups excluding carboxylic acids is 1. The van der Waals surface area contributed by atoms with Crippen LogP contribution >= 0.6 is 0 Å².